The summed E-state index contributed by atoms with van der Waals surface area (Å²) >= 11 is 0. The highest BCUT2D eigenvalue weighted by Gasteiger charge is 2.11. The summed E-state index contributed by atoms with van der Waals surface area (Å²) in [4.78, 5) is 9.78. The lowest BCUT2D eigenvalue weighted by atomic mass is 10.5. The molecule has 1 aromatic rings. The van der Waals surface area contributed by atoms with Gasteiger partial charge < -0.3 is 9.15 Å². The summed E-state index contributed by atoms with van der Waals surface area (Å²) in [5.74, 6) is 0.0987. The molecule has 1 aliphatic rings. The largest absolute Gasteiger partial charge is 0.433 e. The van der Waals surface area contributed by atoms with Gasteiger partial charge in [-0.1, -0.05) is 0 Å². The lowest BCUT2D eigenvalue weighted by Gasteiger charge is -2.23. The molecule has 1 saturated heterocycles. The minimum atomic E-state index is -0.577. The van der Waals surface area contributed by atoms with Crippen molar-refractivity contribution < 1.29 is 14.1 Å². The third-order valence-corrected chi connectivity index (χ3v) is 2.13. The number of morpholine rings is 1. The summed E-state index contributed by atoms with van der Waals surface area (Å²) in [6.45, 7) is 2.74. The van der Waals surface area contributed by atoms with Crippen molar-refractivity contribution in [2.45, 2.75) is 0 Å². The Bertz CT molecular complexity index is 395. The van der Waals surface area contributed by atoms with Gasteiger partial charge in [-0.25, -0.2) is 0 Å². The Morgan fingerprint density at radius 2 is 2.19 bits per heavy atom. The van der Waals surface area contributed by atoms with Crippen molar-refractivity contribution in [3.8, 4) is 0 Å². The first kappa shape index (κ1) is 10.6. The average molecular weight is 225 g/mol. The summed E-state index contributed by atoms with van der Waals surface area (Å²) in [6.07, 6.45) is 1.47. The zero-order valence-electron chi connectivity index (χ0n) is 8.54. The highest BCUT2D eigenvalue weighted by Crippen LogP contribution is 2.14. The molecule has 0 unspecified atom stereocenters. The van der Waals surface area contributed by atoms with Gasteiger partial charge in [0.25, 0.3) is 0 Å². The third-order valence-electron chi connectivity index (χ3n) is 2.13. The van der Waals surface area contributed by atoms with E-state index in [1.165, 1.54) is 18.3 Å². The van der Waals surface area contributed by atoms with Crippen LogP contribution in [0.1, 0.15) is 5.76 Å². The van der Waals surface area contributed by atoms with Crippen LogP contribution in [0, 0.1) is 10.1 Å². The number of hydrazone groups is 1. The smallest absolute Gasteiger partial charge is 0.400 e. The predicted molar refractivity (Wildman–Crippen MR) is 55.3 cm³/mol. The van der Waals surface area contributed by atoms with Crippen LogP contribution in [-0.2, 0) is 4.74 Å². The molecular formula is C9H11N3O4. The number of nitrogens with zero attached hydrogens (tertiary/aromatic N) is 3. The van der Waals surface area contributed by atoms with Crippen molar-refractivity contribution in [3.63, 3.8) is 0 Å². The molecule has 0 saturated carbocycles. The van der Waals surface area contributed by atoms with Crippen LogP contribution in [0.5, 0.6) is 0 Å². The maximum atomic E-state index is 10.4. The number of hydrogen-bond donors (Lipinski definition) is 0. The van der Waals surface area contributed by atoms with Crippen molar-refractivity contribution in [2.24, 2.45) is 5.10 Å². The molecule has 0 aromatic carbocycles. The molecule has 0 atom stereocenters. The second-order valence-electron chi connectivity index (χ2n) is 3.24. The molecule has 2 heterocycles. The topological polar surface area (TPSA) is 81.1 Å². The highest BCUT2D eigenvalue weighted by molar-refractivity contribution is 5.75. The molecule has 0 amide bonds. The van der Waals surface area contributed by atoms with Gasteiger partial charge in [0, 0.05) is 0 Å². The van der Waals surface area contributed by atoms with E-state index < -0.39 is 4.92 Å². The minimum Gasteiger partial charge on any atom is -0.400 e. The Morgan fingerprint density at radius 3 is 2.81 bits per heavy atom. The minimum absolute atomic E-state index is 0.275. The van der Waals surface area contributed by atoms with Crippen LogP contribution in [0.4, 0.5) is 5.88 Å². The fourth-order valence-corrected chi connectivity index (χ4v) is 1.32. The van der Waals surface area contributed by atoms with E-state index in [-0.39, 0.29) is 5.88 Å². The summed E-state index contributed by atoms with van der Waals surface area (Å²) in [7, 11) is 0. The number of hydrogen-bond acceptors (Lipinski definition) is 6. The van der Waals surface area contributed by atoms with Crippen LogP contribution in [0.3, 0.4) is 0 Å². The normalized spacial score (nSPS) is 16.9. The van der Waals surface area contributed by atoms with Gasteiger partial charge in [0.15, 0.2) is 5.76 Å². The summed E-state index contributed by atoms with van der Waals surface area (Å²) in [5, 5.41) is 16.3. The second kappa shape index (κ2) is 4.75. The molecule has 16 heavy (non-hydrogen) atoms. The van der Waals surface area contributed by atoms with Gasteiger partial charge >= 0.3 is 5.88 Å². The van der Waals surface area contributed by atoms with Gasteiger partial charge in [0.05, 0.1) is 38.6 Å². The number of furan rings is 1. The van der Waals surface area contributed by atoms with Crippen molar-refractivity contribution in [2.75, 3.05) is 26.3 Å². The van der Waals surface area contributed by atoms with E-state index in [4.69, 9.17) is 9.15 Å². The number of ether oxygens (including phenoxy) is 1. The Hall–Kier alpha value is -1.89. The first-order chi connectivity index (χ1) is 7.75. The van der Waals surface area contributed by atoms with Crippen LogP contribution >= 0.6 is 0 Å². The predicted octanol–water partition coefficient (Wildman–Crippen LogP) is 0.854. The van der Waals surface area contributed by atoms with Crippen molar-refractivity contribution in [1.29, 1.82) is 0 Å². The fraction of sp³-hybridized carbons (Fsp3) is 0.444. The molecule has 1 aliphatic heterocycles. The summed E-state index contributed by atoms with van der Waals surface area (Å²) < 4.78 is 10.1. The van der Waals surface area contributed by atoms with Gasteiger partial charge in [-0.15, -0.1) is 0 Å². The van der Waals surface area contributed by atoms with E-state index >= 15 is 0 Å². The Balaban J connectivity index is 1.96. The van der Waals surface area contributed by atoms with E-state index in [0.29, 0.717) is 19.0 Å². The van der Waals surface area contributed by atoms with E-state index in [0.717, 1.165) is 13.1 Å². The zero-order valence-corrected chi connectivity index (χ0v) is 8.54. The molecule has 0 aliphatic carbocycles. The Morgan fingerprint density at radius 1 is 1.44 bits per heavy atom. The van der Waals surface area contributed by atoms with Crippen molar-refractivity contribution in [1.82, 2.24) is 5.01 Å². The van der Waals surface area contributed by atoms with Crippen LogP contribution in [0.15, 0.2) is 21.7 Å². The number of nitro groups is 1. The quantitative estimate of drug-likeness (QED) is 0.433. The highest BCUT2D eigenvalue weighted by atomic mass is 16.6. The number of rotatable bonds is 3. The molecular weight excluding hydrogens is 214 g/mol. The molecule has 0 bridgehead atoms. The lowest BCUT2D eigenvalue weighted by Crippen LogP contribution is -2.32. The monoisotopic (exact) mass is 225 g/mol. The third kappa shape index (κ3) is 2.57. The van der Waals surface area contributed by atoms with Crippen LogP contribution in [0.25, 0.3) is 0 Å². The molecule has 0 N–H and O–H groups in total. The first-order valence-electron chi connectivity index (χ1n) is 4.86. The SMILES string of the molecule is O=[N+]([O-])c1ccc(/C=N\N2CCOCC2)o1. The summed E-state index contributed by atoms with van der Waals surface area (Å²) in [6, 6.07) is 2.82. The van der Waals surface area contributed by atoms with Crippen LogP contribution < -0.4 is 0 Å². The molecule has 86 valence electrons. The van der Waals surface area contributed by atoms with E-state index in [1.54, 1.807) is 0 Å². The molecule has 7 nitrogen and oxygen atoms in total. The van der Waals surface area contributed by atoms with Gasteiger partial charge in [-0.05, 0) is 6.07 Å². The summed E-state index contributed by atoms with van der Waals surface area (Å²) in [5.41, 5.74) is 0. The van der Waals surface area contributed by atoms with Gasteiger partial charge in [0.2, 0.25) is 0 Å². The van der Waals surface area contributed by atoms with E-state index in [9.17, 15) is 10.1 Å². The zero-order chi connectivity index (χ0) is 11.4. The maximum Gasteiger partial charge on any atom is 0.433 e. The van der Waals surface area contributed by atoms with E-state index in [1.807, 2.05) is 5.01 Å². The first-order valence-corrected chi connectivity index (χ1v) is 4.86. The maximum absolute atomic E-state index is 10.4. The second-order valence-corrected chi connectivity index (χ2v) is 3.24. The standard InChI is InChI=1S/C9H11N3O4/c13-12(14)9-2-1-8(16-9)7-10-11-3-5-15-6-4-11/h1-2,7H,3-6H2/b10-7-. The van der Waals surface area contributed by atoms with E-state index in [2.05, 4.69) is 5.10 Å². The molecule has 0 radical (unpaired) electrons. The molecule has 7 heteroatoms. The van der Waals surface area contributed by atoms with Crippen molar-refractivity contribution in [3.05, 3.63) is 28.0 Å². The van der Waals surface area contributed by atoms with Gasteiger partial charge in [0.1, 0.15) is 4.92 Å². The molecule has 2 rings (SSSR count). The van der Waals surface area contributed by atoms with Gasteiger partial charge in [-0.2, -0.15) is 5.10 Å². The average Bonchev–Trinajstić information content (AvgIpc) is 2.76. The molecule has 1 aromatic heterocycles. The van der Waals surface area contributed by atoms with Gasteiger partial charge in [-0.3, -0.25) is 15.1 Å². The molecule has 0 spiro atoms. The Labute approximate surface area is 91.4 Å². The molecule has 1 fully saturated rings. The van der Waals surface area contributed by atoms with Crippen LogP contribution in [-0.4, -0.2) is 42.5 Å². The van der Waals surface area contributed by atoms with Crippen LogP contribution in [0.2, 0.25) is 0 Å². The lowest BCUT2D eigenvalue weighted by molar-refractivity contribution is -0.402. The van der Waals surface area contributed by atoms with Crippen molar-refractivity contribution >= 4 is 12.1 Å². The Kier molecular flexibility index (Phi) is 3.16. The fourth-order valence-electron chi connectivity index (χ4n) is 1.32.